The van der Waals surface area contributed by atoms with Crippen molar-refractivity contribution in [1.29, 1.82) is 0 Å². The van der Waals surface area contributed by atoms with Crippen molar-refractivity contribution in [3.8, 4) is 0 Å². The van der Waals surface area contributed by atoms with E-state index in [9.17, 15) is 22.4 Å². The maximum absolute atomic E-state index is 14.4. The summed E-state index contributed by atoms with van der Waals surface area (Å²) in [6.45, 7) is 4.85. The number of amides is 2. The van der Waals surface area contributed by atoms with Gasteiger partial charge in [-0.05, 0) is 80.4 Å². The molecule has 4 aromatic carbocycles. The first kappa shape index (κ1) is 32.7. The second-order valence-corrected chi connectivity index (χ2v) is 13.7. The van der Waals surface area contributed by atoms with Crippen LogP contribution in [0.25, 0.3) is 0 Å². The Bertz CT molecular complexity index is 1660. The molecule has 0 aliphatic heterocycles. The van der Waals surface area contributed by atoms with E-state index in [4.69, 9.17) is 11.6 Å². The molecule has 0 aromatic heterocycles. The quantitative estimate of drug-likeness (QED) is 0.212. The highest BCUT2D eigenvalue weighted by atomic mass is 35.5. The molecular formula is C34H35ClFN3O4S. The van der Waals surface area contributed by atoms with Crippen LogP contribution in [0.1, 0.15) is 31.9 Å². The summed E-state index contributed by atoms with van der Waals surface area (Å²) in [4.78, 5) is 29.6. The number of benzene rings is 4. The second kappa shape index (κ2) is 14.1. The van der Waals surface area contributed by atoms with E-state index in [1.54, 1.807) is 30.3 Å². The molecule has 0 fully saturated rings. The van der Waals surface area contributed by atoms with Crippen molar-refractivity contribution in [2.24, 2.45) is 0 Å². The summed E-state index contributed by atoms with van der Waals surface area (Å²) in [5.41, 5.74) is 1.00. The van der Waals surface area contributed by atoms with Gasteiger partial charge in [-0.25, -0.2) is 12.8 Å². The van der Waals surface area contributed by atoms with Gasteiger partial charge in [0.15, 0.2) is 0 Å². The van der Waals surface area contributed by atoms with Crippen LogP contribution in [0.3, 0.4) is 0 Å². The Morgan fingerprint density at radius 2 is 1.39 bits per heavy atom. The van der Waals surface area contributed by atoms with Crippen LogP contribution in [-0.2, 0) is 32.6 Å². The van der Waals surface area contributed by atoms with E-state index in [1.807, 2.05) is 51.1 Å². The van der Waals surface area contributed by atoms with Crippen molar-refractivity contribution in [3.63, 3.8) is 0 Å². The summed E-state index contributed by atoms with van der Waals surface area (Å²) in [6, 6.07) is 27.8. The predicted octanol–water partition coefficient (Wildman–Crippen LogP) is 6.23. The highest BCUT2D eigenvalue weighted by Gasteiger charge is 2.35. The monoisotopic (exact) mass is 635 g/mol. The Kier molecular flexibility index (Phi) is 10.4. The molecule has 7 nitrogen and oxygen atoms in total. The number of anilines is 1. The SMILES string of the molecule is CC(C)(C)NC(=O)[C@H](Cc1ccccc1)N(Cc1ccc(F)cc1)C(=O)CN(c1ccc(Cl)cc1)S(=O)(=O)c1ccccc1. The fourth-order valence-corrected chi connectivity index (χ4v) is 6.21. The Labute approximate surface area is 263 Å². The lowest BCUT2D eigenvalue weighted by Gasteiger charge is -2.35. The molecule has 0 aliphatic carbocycles. The third-order valence-electron chi connectivity index (χ3n) is 6.76. The van der Waals surface area contributed by atoms with E-state index in [-0.39, 0.29) is 23.5 Å². The van der Waals surface area contributed by atoms with Gasteiger partial charge in [0.25, 0.3) is 10.0 Å². The van der Waals surface area contributed by atoms with E-state index in [2.05, 4.69) is 5.32 Å². The van der Waals surface area contributed by atoms with Crippen LogP contribution in [0.5, 0.6) is 0 Å². The molecule has 2 amide bonds. The number of nitrogens with one attached hydrogen (secondary N) is 1. The molecule has 1 N–H and O–H groups in total. The molecule has 1 atom stereocenters. The average Bonchev–Trinajstić information content (AvgIpc) is 2.99. The number of nitrogens with zero attached hydrogens (tertiary/aromatic N) is 2. The van der Waals surface area contributed by atoms with E-state index in [0.29, 0.717) is 10.6 Å². The molecule has 0 unspecified atom stereocenters. The Morgan fingerprint density at radius 3 is 1.95 bits per heavy atom. The van der Waals surface area contributed by atoms with Crippen LogP contribution in [0.2, 0.25) is 5.02 Å². The van der Waals surface area contributed by atoms with Crippen LogP contribution in [0.15, 0.2) is 114 Å². The molecule has 0 heterocycles. The van der Waals surface area contributed by atoms with Crippen LogP contribution >= 0.6 is 11.6 Å². The van der Waals surface area contributed by atoms with Gasteiger partial charge in [-0.3, -0.25) is 13.9 Å². The van der Waals surface area contributed by atoms with Crippen molar-refractivity contribution >= 4 is 39.1 Å². The lowest BCUT2D eigenvalue weighted by Crippen LogP contribution is -2.56. The second-order valence-electron chi connectivity index (χ2n) is 11.4. The molecule has 230 valence electrons. The molecule has 0 saturated heterocycles. The standard InChI is InChI=1S/C34H35ClFN3O4S/c1-34(2,3)37-33(41)31(22-25-10-6-4-7-11-25)38(23-26-14-18-28(36)19-15-26)32(40)24-39(29-20-16-27(35)17-21-29)44(42,43)30-12-8-5-9-13-30/h4-21,31H,22-24H2,1-3H3,(H,37,41)/t31-/m0/s1. The molecule has 0 radical (unpaired) electrons. The fourth-order valence-electron chi connectivity index (χ4n) is 4.65. The third-order valence-corrected chi connectivity index (χ3v) is 8.80. The lowest BCUT2D eigenvalue weighted by atomic mass is 10.0. The van der Waals surface area contributed by atoms with Gasteiger partial charge in [0.1, 0.15) is 18.4 Å². The lowest BCUT2D eigenvalue weighted by molar-refractivity contribution is -0.140. The first-order chi connectivity index (χ1) is 20.8. The average molecular weight is 636 g/mol. The Balaban J connectivity index is 1.80. The molecule has 0 bridgehead atoms. The zero-order valence-electron chi connectivity index (χ0n) is 24.8. The maximum atomic E-state index is 14.4. The van der Waals surface area contributed by atoms with E-state index < -0.39 is 45.8 Å². The zero-order valence-corrected chi connectivity index (χ0v) is 26.4. The number of sulfonamides is 1. The number of hydrogen-bond acceptors (Lipinski definition) is 4. The van der Waals surface area contributed by atoms with Gasteiger partial charge in [0.2, 0.25) is 11.8 Å². The molecule has 0 aliphatic rings. The zero-order chi connectivity index (χ0) is 31.9. The number of carbonyl (C=O) groups excluding carboxylic acids is 2. The van der Waals surface area contributed by atoms with E-state index >= 15 is 0 Å². The largest absolute Gasteiger partial charge is 0.350 e. The minimum absolute atomic E-state index is 0.000791. The van der Waals surface area contributed by atoms with E-state index in [1.165, 1.54) is 53.4 Å². The summed E-state index contributed by atoms with van der Waals surface area (Å²) in [5.74, 6) is -1.46. The summed E-state index contributed by atoms with van der Waals surface area (Å²) in [6.07, 6.45) is 0.169. The van der Waals surface area contributed by atoms with Gasteiger partial charge in [-0.15, -0.1) is 0 Å². The highest BCUT2D eigenvalue weighted by Crippen LogP contribution is 2.26. The normalized spacial score (nSPS) is 12.3. The predicted molar refractivity (Wildman–Crippen MR) is 171 cm³/mol. The summed E-state index contributed by atoms with van der Waals surface area (Å²) >= 11 is 6.10. The first-order valence-electron chi connectivity index (χ1n) is 14.1. The molecule has 10 heteroatoms. The molecule has 4 rings (SSSR count). The van der Waals surface area contributed by atoms with Crippen molar-refractivity contribution in [2.75, 3.05) is 10.8 Å². The highest BCUT2D eigenvalue weighted by molar-refractivity contribution is 7.92. The van der Waals surface area contributed by atoms with Gasteiger partial charge in [0.05, 0.1) is 10.6 Å². The minimum atomic E-state index is -4.22. The first-order valence-corrected chi connectivity index (χ1v) is 15.9. The molecule has 4 aromatic rings. The van der Waals surface area contributed by atoms with Crippen LogP contribution < -0.4 is 9.62 Å². The smallest absolute Gasteiger partial charge is 0.264 e. The summed E-state index contributed by atoms with van der Waals surface area (Å²) in [7, 11) is -4.22. The minimum Gasteiger partial charge on any atom is -0.350 e. The van der Waals surface area contributed by atoms with Gasteiger partial charge in [-0.2, -0.15) is 0 Å². The number of halogens is 2. The molecular weight excluding hydrogens is 601 g/mol. The summed E-state index contributed by atoms with van der Waals surface area (Å²) in [5, 5.41) is 3.38. The molecule has 0 spiro atoms. The van der Waals surface area contributed by atoms with Gasteiger partial charge in [0, 0.05) is 23.5 Å². The number of rotatable bonds is 11. The Morgan fingerprint density at radius 1 is 0.818 bits per heavy atom. The van der Waals surface area contributed by atoms with Crippen molar-refractivity contribution in [3.05, 3.63) is 131 Å². The van der Waals surface area contributed by atoms with Crippen molar-refractivity contribution in [1.82, 2.24) is 10.2 Å². The fraction of sp³-hybridized carbons (Fsp3) is 0.235. The van der Waals surface area contributed by atoms with Crippen LogP contribution in [-0.4, -0.2) is 43.3 Å². The van der Waals surface area contributed by atoms with Crippen LogP contribution in [0.4, 0.5) is 10.1 Å². The Hall–Kier alpha value is -4.21. The third kappa shape index (κ3) is 8.67. The van der Waals surface area contributed by atoms with Crippen molar-refractivity contribution < 1.29 is 22.4 Å². The topological polar surface area (TPSA) is 86.8 Å². The van der Waals surface area contributed by atoms with Crippen molar-refractivity contribution in [2.45, 2.75) is 50.2 Å². The summed E-state index contributed by atoms with van der Waals surface area (Å²) < 4.78 is 42.7. The molecule has 0 saturated carbocycles. The van der Waals surface area contributed by atoms with Gasteiger partial charge < -0.3 is 10.2 Å². The van der Waals surface area contributed by atoms with Crippen LogP contribution in [0, 0.1) is 5.82 Å². The van der Waals surface area contributed by atoms with Gasteiger partial charge >= 0.3 is 0 Å². The molecule has 44 heavy (non-hydrogen) atoms. The number of hydrogen-bond donors (Lipinski definition) is 1. The van der Waals surface area contributed by atoms with E-state index in [0.717, 1.165) is 9.87 Å². The number of carbonyl (C=O) groups is 2. The van der Waals surface area contributed by atoms with Gasteiger partial charge in [-0.1, -0.05) is 72.3 Å². The maximum Gasteiger partial charge on any atom is 0.264 e.